The molecule has 9 nitrogen and oxygen atoms in total. The lowest BCUT2D eigenvalue weighted by Crippen LogP contribution is -2.32. The fourth-order valence-electron chi connectivity index (χ4n) is 2.70. The molecule has 0 radical (unpaired) electrons. The Kier molecular flexibility index (Phi) is 4.11. The molecular weight excluding hydrogens is 300 g/mol. The lowest BCUT2D eigenvalue weighted by molar-refractivity contribution is -0.131. The first-order valence-electron chi connectivity index (χ1n) is 7.35. The van der Waals surface area contributed by atoms with Crippen LogP contribution in [0.3, 0.4) is 0 Å². The highest BCUT2D eigenvalue weighted by Gasteiger charge is 2.21. The van der Waals surface area contributed by atoms with Gasteiger partial charge in [-0.1, -0.05) is 0 Å². The van der Waals surface area contributed by atoms with E-state index < -0.39 is 0 Å². The van der Waals surface area contributed by atoms with Gasteiger partial charge in [-0.2, -0.15) is 5.10 Å². The predicted octanol–water partition coefficient (Wildman–Crippen LogP) is -0.984. The summed E-state index contributed by atoms with van der Waals surface area (Å²) in [4.78, 5) is 31.9. The van der Waals surface area contributed by atoms with Crippen molar-refractivity contribution < 1.29 is 9.90 Å². The summed E-state index contributed by atoms with van der Waals surface area (Å²) >= 11 is 0. The monoisotopic (exact) mass is 318 g/mol. The van der Waals surface area contributed by atoms with Crippen LogP contribution < -0.4 is 11.3 Å². The highest BCUT2D eigenvalue weighted by atomic mass is 16.3. The van der Waals surface area contributed by atoms with E-state index in [9.17, 15) is 14.7 Å². The largest absolute Gasteiger partial charge is 0.390 e. The van der Waals surface area contributed by atoms with Gasteiger partial charge >= 0.3 is 0 Å². The summed E-state index contributed by atoms with van der Waals surface area (Å²) in [5.41, 5.74) is 6.95. The minimum absolute atomic E-state index is 0.00169. The molecule has 2 aromatic heterocycles. The van der Waals surface area contributed by atoms with Gasteiger partial charge in [0.2, 0.25) is 11.9 Å². The molecule has 0 saturated heterocycles. The molecule has 0 saturated carbocycles. The van der Waals surface area contributed by atoms with E-state index in [-0.39, 0.29) is 30.4 Å². The molecule has 0 bridgehead atoms. The number of nitrogens with zero attached hydrogens (tertiary/aromatic N) is 4. The number of carbonyl (C=O) groups is 1. The van der Waals surface area contributed by atoms with Crippen molar-refractivity contribution in [1.29, 1.82) is 0 Å². The minimum Gasteiger partial charge on any atom is -0.390 e. The van der Waals surface area contributed by atoms with Gasteiger partial charge in [0.15, 0.2) is 0 Å². The third-order valence-corrected chi connectivity index (χ3v) is 3.72. The van der Waals surface area contributed by atoms with Crippen molar-refractivity contribution in [3.8, 4) is 0 Å². The number of aryl methyl sites for hydroxylation is 1. The number of H-pyrrole nitrogens is 1. The molecule has 3 heterocycles. The molecule has 0 atom stereocenters. The minimum atomic E-state index is -0.373. The summed E-state index contributed by atoms with van der Waals surface area (Å²) in [6, 6.07) is 3.08. The van der Waals surface area contributed by atoms with Gasteiger partial charge in [-0.15, -0.1) is 0 Å². The second-order valence-electron chi connectivity index (χ2n) is 5.48. The number of nitrogens with two attached hydrogens (primary N) is 1. The number of carbonyl (C=O) groups excluding carboxylic acids is 1. The molecule has 3 rings (SSSR count). The Morgan fingerprint density at radius 3 is 2.91 bits per heavy atom. The number of aromatic amines is 1. The number of nitrogen functional groups attached to an aromatic ring is 1. The van der Waals surface area contributed by atoms with Crippen molar-refractivity contribution in [2.75, 3.05) is 12.3 Å². The van der Waals surface area contributed by atoms with Crippen LogP contribution in [0.25, 0.3) is 0 Å². The summed E-state index contributed by atoms with van der Waals surface area (Å²) in [6.45, 7) is 1.61. The quantitative estimate of drug-likeness (QED) is 0.666. The van der Waals surface area contributed by atoms with Crippen molar-refractivity contribution in [2.45, 2.75) is 32.5 Å². The second kappa shape index (κ2) is 6.21. The van der Waals surface area contributed by atoms with Crippen LogP contribution in [0.5, 0.6) is 0 Å². The molecule has 0 fully saturated rings. The molecule has 1 amide bonds. The van der Waals surface area contributed by atoms with E-state index in [1.165, 1.54) is 6.07 Å². The Morgan fingerprint density at radius 1 is 1.35 bits per heavy atom. The number of hydrogen-bond acceptors (Lipinski definition) is 6. The fourth-order valence-corrected chi connectivity index (χ4v) is 2.70. The smallest absolute Gasteiger partial charge is 0.252 e. The zero-order valence-corrected chi connectivity index (χ0v) is 12.5. The third-order valence-electron chi connectivity index (χ3n) is 3.72. The van der Waals surface area contributed by atoms with Crippen molar-refractivity contribution in [2.24, 2.45) is 0 Å². The van der Waals surface area contributed by atoms with Gasteiger partial charge in [-0.3, -0.25) is 19.3 Å². The Balaban J connectivity index is 1.75. The lowest BCUT2D eigenvalue weighted by atomic mass is 10.2. The van der Waals surface area contributed by atoms with Crippen molar-refractivity contribution >= 4 is 11.9 Å². The van der Waals surface area contributed by atoms with Crippen LogP contribution in [0.4, 0.5) is 5.95 Å². The summed E-state index contributed by atoms with van der Waals surface area (Å²) in [5, 5.41) is 13.5. The van der Waals surface area contributed by atoms with Gasteiger partial charge in [0.25, 0.3) is 5.56 Å². The Hall–Kier alpha value is -2.68. The molecule has 1 aliphatic rings. The van der Waals surface area contributed by atoms with Gasteiger partial charge in [-0.25, -0.2) is 4.98 Å². The summed E-state index contributed by atoms with van der Waals surface area (Å²) in [7, 11) is 0. The molecule has 4 N–H and O–H groups in total. The van der Waals surface area contributed by atoms with E-state index in [4.69, 9.17) is 5.73 Å². The standard InChI is InChI=1S/C14H18N6O3/c15-14-16-9(5-12(22)17-14)6-13(23)19-2-1-3-20-11(7-19)4-10(8-21)18-20/h4-5,21H,1-3,6-8H2,(H3,15,16,17,22). The number of nitrogens with one attached hydrogen (secondary N) is 1. The van der Waals surface area contributed by atoms with E-state index in [1.807, 2.05) is 4.68 Å². The average molecular weight is 318 g/mol. The van der Waals surface area contributed by atoms with Crippen LogP contribution >= 0.6 is 0 Å². The SMILES string of the molecule is Nc1nc(CC(=O)N2CCCn3nc(CO)cc3C2)cc(=O)[nH]1. The zero-order chi connectivity index (χ0) is 16.4. The Labute approximate surface area is 131 Å². The van der Waals surface area contributed by atoms with Gasteiger partial charge in [0.05, 0.1) is 36.7 Å². The third kappa shape index (κ3) is 3.39. The molecule has 0 aliphatic carbocycles. The van der Waals surface area contributed by atoms with Crippen molar-refractivity contribution in [1.82, 2.24) is 24.6 Å². The van der Waals surface area contributed by atoms with Crippen LogP contribution in [0.15, 0.2) is 16.9 Å². The number of rotatable bonds is 3. The van der Waals surface area contributed by atoms with Crippen LogP contribution in [-0.2, 0) is 30.9 Å². The van der Waals surface area contributed by atoms with Crippen LogP contribution in [0.2, 0.25) is 0 Å². The molecule has 122 valence electrons. The molecule has 0 spiro atoms. The molecule has 2 aromatic rings. The maximum absolute atomic E-state index is 12.5. The maximum Gasteiger partial charge on any atom is 0.252 e. The van der Waals surface area contributed by atoms with Gasteiger partial charge < -0.3 is 15.7 Å². The summed E-state index contributed by atoms with van der Waals surface area (Å²) in [5.74, 6) is -0.121. The summed E-state index contributed by atoms with van der Waals surface area (Å²) < 4.78 is 1.82. The first kappa shape index (κ1) is 15.2. The van der Waals surface area contributed by atoms with E-state index in [0.717, 1.165) is 12.1 Å². The highest BCUT2D eigenvalue weighted by Crippen LogP contribution is 2.15. The molecule has 23 heavy (non-hydrogen) atoms. The van der Waals surface area contributed by atoms with Crippen LogP contribution in [0.1, 0.15) is 23.5 Å². The van der Waals surface area contributed by atoms with E-state index >= 15 is 0 Å². The van der Waals surface area contributed by atoms with Crippen molar-refractivity contribution in [3.63, 3.8) is 0 Å². The first-order chi connectivity index (χ1) is 11.0. The lowest BCUT2D eigenvalue weighted by Gasteiger charge is -2.19. The second-order valence-corrected chi connectivity index (χ2v) is 5.48. The Bertz CT molecular complexity index is 781. The predicted molar refractivity (Wildman–Crippen MR) is 81.2 cm³/mol. The number of aliphatic hydroxyl groups excluding tert-OH is 1. The number of aromatic nitrogens is 4. The maximum atomic E-state index is 12.5. The first-order valence-corrected chi connectivity index (χ1v) is 7.35. The number of hydrogen-bond donors (Lipinski definition) is 3. The number of aliphatic hydroxyl groups is 1. The van der Waals surface area contributed by atoms with Gasteiger partial charge in [0, 0.05) is 19.2 Å². The molecule has 0 unspecified atom stereocenters. The number of fused-ring (bicyclic) bond motifs is 1. The van der Waals surface area contributed by atoms with Gasteiger partial charge in [0.1, 0.15) is 0 Å². The number of amides is 1. The Morgan fingerprint density at radius 2 is 2.17 bits per heavy atom. The zero-order valence-electron chi connectivity index (χ0n) is 12.5. The van der Waals surface area contributed by atoms with Gasteiger partial charge in [-0.05, 0) is 12.5 Å². The van der Waals surface area contributed by atoms with E-state index in [0.29, 0.717) is 31.0 Å². The normalized spacial score (nSPS) is 14.4. The summed E-state index contributed by atoms with van der Waals surface area (Å²) in [6.07, 6.45) is 0.797. The van der Waals surface area contributed by atoms with E-state index in [2.05, 4.69) is 15.1 Å². The molecule has 1 aliphatic heterocycles. The van der Waals surface area contributed by atoms with Crippen molar-refractivity contribution in [3.05, 3.63) is 39.6 Å². The average Bonchev–Trinajstić information content (AvgIpc) is 2.77. The van der Waals surface area contributed by atoms with E-state index in [1.54, 1.807) is 11.0 Å². The molecule has 9 heteroatoms. The van der Waals surface area contributed by atoms with Crippen LogP contribution in [-0.4, -0.2) is 42.2 Å². The fraction of sp³-hybridized carbons (Fsp3) is 0.429. The molecular formula is C14H18N6O3. The van der Waals surface area contributed by atoms with Crippen LogP contribution in [0, 0.1) is 0 Å². The highest BCUT2D eigenvalue weighted by molar-refractivity contribution is 5.78. The topological polar surface area (TPSA) is 130 Å². The number of anilines is 1. The molecule has 0 aromatic carbocycles.